The molecule has 4 heteroatoms. The quantitative estimate of drug-likeness (QED) is 0.441. The first-order valence-electron chi connectivity index (χ1n) is 5.35. The summed E-state index contributed by atoms with van der Waals surface area (Å²) in [7, 11) is 4.69. The van der Waals surface area contributed by atoms with E-state index in [1.54, 1.807) is 33.5 Å². The maximum atomic E-state index is 10.1. The van der Waals surface area contributed by atoms with Crippen LogP contribution in [-0.4, -0.2) is 27.6 Å². The lowest BCUT2D eigenvalue weighted by Gasteiger charge is -2.12. The van der Waals surface area contributed by atoms with Crippen molar-refractivity contribution in [3.05, 3.63) is 35.9 Å². The highest BCUT2D eigenvalue weighted by Gasteiger charge is 2.11. The van der Waals surface area contributed by atoms with Crippen LogP contribution in [0.15, 0.2) is 30.4 Å². The normalized spacial score (nSPS) is 10.8. The first-order valence-corrected chi connectivity index (χ1v) is 5.35. The summed E-state index contributed by atoms with van der Waals surface area (Å²) >= 11 is 0. The predicted octanol–water partition coefficient (Wildman–Crippen LogP) is 2.48. The lowest BCUT2D eigenvalue weighted by molar-refractivity contribution is -0.104. The van der Waals surface area contributed by atoms with E-state index in [-0.39, 0.29) is 0 Å². The molecule has 1 aromatic rings. The largest absolute Gasteiger partial charge is 0.493 e. The molecule has 0 atom stereocenters. The summed E-state index contributed by atoms with van der Waals surface area (Å²) in [5, 5.41) is 0. The van der Waals surface area contributed by atoms with E-state index < -0.39 is 0 Å². The number of hydrogen-bond donors (Lipinski definition) is 0. The molecule has 0 saturated carbocycles. The first kappa shape index (κ1) is 13.8. The van der Waals surface area contributed by atoms with Gasteiger partial charge in [-0.25, -0.2) is 0 Å². The van der Waals surface area contributed by atoms with Crippen LogP contribution in [0.4, 0.5) is 0 Å². The zero-order valence-corrected chi connectivity index (χ0v) is 10.7. The zero-order valence-electron chi connectivity index (χ0n) is 10.7. The van der Waals surface area contributed by atoms with E-state index in [2.05, 4.69) is 0 Å². The predicted molar refractivity (Wildman–Crippen MR) is 70.3 cm³/mol. The van der Waals surface area contributed by atoms with Gasteiger partial charge in [0, 0.05) is 0 Å². The van der Waals surface area contributed by atoms with Crippen LogP contribution in [-0.2, 0) is 4.79 Å². The molecule has 0 saturated heterocycles. The Hall–Kier alpha value is -2.23. The van der Waals surface area contributed by atoms with E-state index in [1.165, 1.54) is 6.08 Å². The molecule has 0 aliphatic rings. The van der Waals surface area contributed by atoms with E-state index in [0.717, 1.165) is 11.8 Å². The van der Waals surface area contributed by atoms with Crippen LogP contribution in [0, 0.1) is 0 Å². The third kappa shape index (κ3) is 3.38. The molecule has 0 fully saturated rings. The Morgan fingerprint density at radius 3 is 1.94 bits per heavy atom. The average molecular weight is 248 g/mol. The van der Waals surface area contributed by atoms with Crippen LogP contribution in [0.25, 0.3) is 6.08 Å². The molecule has 0 N–H and O–H groups in total. The Kier molecular flexibility index (Phi) is 5.51. The second-order valence-corrected chi connectivity index (χ2v) is 3.34. The molecule has 0 aliphatic carbocycles. The minimum Gasteiger partial charge on any atom is -0.493 e. The van der Waals surface area contributed by atoms with Crippen LogP contribution in [0.5, 0.6) is 17.2 Å². The second-order valence-electron chi connectivity index (χ2n) is 3.34. The standard InChI is InChI=1S/C14H16O4/c1-16-12-9-11(7-5-4-6-8-15)10-13(17-2)14(12)18-3/h4-10H,1-3H3. The molecule has 0 amide bonds. The molecule has 96 valence electrons. The van der Waals surface area contributed by atoms with E-state index >= 15 is 0 Å². The van der Waals surface area contributed by atoms with Crippen molar-refractivity contribution >= 4 is 12.4 Å². The van der Waals surface area contributed by atoms with Crippen LogP contribution in [0.2, 0.25) is 0 Å². The van der Waals surface area contributed by atoms with E-state index in [1.807, 2.05) is 18.2 Å². The van der Waals surface area contributed by atoms with Crippen molar-refractivity contribution in [1.29, 1.82) is 0 Å². The van der Waals surface area contributed by atoms with Gasteiger partial charge >= 0.3 is 0 Å². The van der Waals surface area contributed by atoms with Crippen LogP contribution in [0.1, 0.15) is 5.56 Å². The molecule has 1 rings (SSSR count). The van der Waals surface area contributed by atoms with Crippen molar-refractivity contribution in [1.82, 2.24) is 0 Å². The Morgan fingerprint density at radius 2 is 1.50 bits per heavy atom. The van der Waals surface area contributed by atoms with Crippen molar-refractivity contribution in [3.8, 4) is 17.2 Å². The number of carbonyl (C=O) groups is 1. The van der Waals surface area contributed by atoms with Gasteiger partial charge in [-0.05, 0) is 23.8 Å². The minimum atomic E-state index is 0.556. The van der Waals surface area contributed by atoms with E-state index in [4.69, 9.17) is 14.2 Å². The van der Waals surface area contributed by atoms with Gasteiger partial charge in [-0.1, -0.05) is 18.2 Å². The van der Waals surface area contributed by atoms with Gasteiger partial charge in [0.15, 0.2) is 11.5 Å². The molecule has 18 heavy (non-hydrogen) atoms. The number of rotatable bonds is 6. The highest BCUT2D eigenvalue weighted by atomic mass is 16.5. The Balaban J connectivity index is 3.10. The van der Waals surface area contributed by atoms with Crippen LogP contribution in [0.3, 0.4) is 0 Å². The molecule has 0 spiro atoms. The topological polar surface area (TPSA) is 44.8 Å². The number of methoxy groups -OCH3 is 3. The van der Waals surface area contributed by atoms with Crippen molar-refractivity contribution in [2.24, 2.45) is 0 Å². The summed E-state index contributed by atoms with van der Waals surface area (Å²) in [6, 6.07) is 3.65. The van der Waals surface area contributed by atoms with Crippen molar-refractivity contribution in [2.75, 3.05) is 21.3 Å². The highest BCUT2D eigenvalue weighted by Crippen LogP contribution is 2.38. The number of ether oxygens (including phenoxy) is 3. The second kappa shape index (κ2) is 7.17. The van der Waals surface area contributed by atoms with Crippen molar-refractivity contribution in [3.63, 3.8) is 0 Å². The molecule has 0 radical (unpaired) electrons. The average Bonchev–Trinajstić information content (AvgIpc) is 2.42. The molecule has 0 bridgehead atoms. The Bertz CT molecular complexity index is 436. The van der Waals surface area contributed by atoms with Crippen LogP contribution >= 0.6 is 0 Å². The fraction of sp³-hybridized carbons (Fsp3) is 0.214. The van der Waals surface area contributed by atoms with Gasteiger partial charge in [-0.2, -0.15) is 0 Å². The molecule has 0 unspecified atom stereocenters. The molecular formula is C14H16O4. The monoisotopic (exact) mass is 248 g/mol. The molecule has 0 aliphatic heterocycles. The van der Waals surface area contributed by atoms with Crippen molar-refractivity contribution < 1.29 is 19.0 Å². The van der Waals surface area contributed by atoms with Gasteiger partial charge in [-0.3, -0.25) is 4.79 Å². The van der Waals surface area contributed by atoms with Gasteiger partial charge < -0.3 is 14.2 Å². The third-order valence-electron chi connectivity index (χ3n) is 2.28. The molecular weight excluding hydrogens is 232 g/mol. The van der Waals surface area contributed by atoms with Gasteiger partial charge in [0.1, 0.15) is 6.29 Å². The smallest absolute Gasteiger partial charge is 0.203 e. The zero-order chi connectivity index (χ0) is 13.4. The summed E-state index contributed by atoms with van der Waals surface area (Å²) in [6.45, 7) is 0. The van der Waals surface area contributed by atoms with Gasteiger partial charge in [-0.15, -0.1) is 0 Å². The summed E-state index contributed by atoms with van der Waals surface area (Å²) < 4.78 is 15.7. The maximum absolute atomic E-state index is 10.1. The molecule has 0 heterocycles. The van der Waals surface area contributed by atoms with Crippen LogP contribution < -0.4 is 14.2 Å². The minimum absolute atomic E-state index is 0.556. The fourth-order valence-electron chi connectivity index (χ4n) is 1.47. The molecule has 0 aromatic heterocycles. The molecule has 1 aromatic carbocycles. The molecule has 4 nitrogen and oxygen atoms in total. The first-order chi connectivity index (χ1) is 8.76. The highest BCUT2D eigenvalue weighted by molar-refractivity contribution is 5.67. The number of allylic oxidation sites excluding steroid dienone is 3. The number of hydrogen-bond acceptors (Lipinski definition) is 4. The Labute approximate surface area is 106 Å². The summed E-state index contributed by atoms with van der Waals surface area (Å²) in [5.41, 5.74) is 0.889. The number of carbonyl (C=O) groups excluding carboxylic acids is 1. The summed E-state index contributed by atoms with van der Waals surface area (Å²) in [5.74, 6) is 1.74. The van der Waals surface area contributed by atoms with Gasteiger partial charge in [0.2, 0.25) is 5.75 Å². The van der Waals surface area contributed by atoms with Gasteiger partial charge in [0.25, 0.3) is 0 Å². The number of aldehydes is 1. The lowest BCUT2D eigenvalue weighted by Crippen LogP contribution is -1.95. The van der Waals surface area contributed by atoms with Crippen molar-refractivity contribution in [2.45, 2.75) is 0 Å². The maximum Gasteiger partial charge on any atom is 0.203 e. The SMILES string of the molecule is COc1cc(C=CC=CC=O)cc(OC)c1OC. The summed E-state index contributed by atoms with van der Waals surface area (Å²) in [4.78, 5) is 10.1. The van der Waals surface area contributed by atoms with E-state index in [9.17, 15) is 4.79 Å². The third-order valence-corrected chi connectivity index (χ3v) is 2.28. The summed E-state index contributed by atoms with van der Waals surface area (Å²) in [6.07, 6.45) is 7.38. The van der Waals surface area contributed by atoms with E-state index in [0.29, 0.717) is 17.2 Å². The lowest BCUT2D eigenvalue weighted by atomic mass is 10.1. The fourth-order valence-corrected chi connectivity index (χ4v) is 1.47. The Morgan fingerprint density at radius 1 is 0.889 bits per heavy atom. The van der Waals surface area contributed by atoms with Gasteiger partial charge in [0.05, 0.1) is 21.3 Å². The number of benzene rings is 1.